The average molecular weight is 305 g/mol. The van der Waals surface area contributed by atoms with Gasteiger partial charge in [-0.1, -0.05) is 0 Å². The Labute approximate surface area is 132 Å². The smallest absolute Gasteiger partial charge is 0.220 e. The fourth-order valence-corrected chi connectivity index (χ4v) is 2.77. The lowest BCUT2D eigenvalue weighted by Gasteiger charge is -2.33. The maximum Gasteiger partial charge on any atom is 0.220 e. The van der Waals surface area contributed by atoms with Gasteiger partial charge in [-0.05, 0) is 40.0 Å². The number of hydrogen-bond donors (Lipinski definition) is 2. The zero-order valence-corrected chi connectivity index (χ0v) is 13.8. The minimum atomic E-state index is 0.0804. The predicted molar refractivity (Wildman–Crippen MR) is 87.8 cm³/mol. The van der Waals surface area contributed by atoms with Gasteiger partial charge < -0.3 is 16.0 Å². The molecule has 0 aromatic carbocycles. The topological polar surface area (TPSA) is 84.1 Å². The van der Waals surface area contributed by atoms with Crippen molar-refractivity contribution in [3.63, 3.8) is 0 Å². The van der Waals surface area contributed by atoms with E-state index < -0.39 is 0 Å². The molecule has 1 aliphatic heterocycles. The summed E-state index contributed by atoms with van der Waals surface area (Å²) in [5, 5.41) is 3.12. The Kier molecular flexibility index (Phi) is 5.71. The van der Waals surface area contributed by atoms with Gasteiger partial charge in [0.25, 0.3) is 0 Å². The van der Waals surface area contributed by atoms with E-state index >= 15 is 0 Å². The third-order valence-electron chi connectivity index (χ3n) is 3.96. The zero-order chi connectivity index (χ0) is 16.1. The molecule has 1 aromatic heterocycles. The molecule has 122 valence electrons. The molecule has 1 aromatic rings. The van der Waals surface area contributed by atoms with Crippen molar-refractivity contribution in [3.8, 4) is 0 Å². The van der Waals surface area contributed by atoms with Gasteiger partial charge in [0, 0.05) is 43.4 Å². The van der Waals surface area contributed by atoms with Crippen LogP contribution in [0.1, 0.15) is 44.1 Å². The van der Waals surface area contributed by atoms with Crippen LogP contribution in [-0.2, 0) is 4.79 Å². The number of aryl methyl sites for hydroxylation is 2. The second-order valence-electron chi connectivity index (χ2n) is 6.26. The van der Waals surface area contributed by atoms with Crippen LogP contribution in [0.5, 0.6) is 0 Å². The fraction of sp³-hybridized carbons (Fsp3) is 0.688. The predicted octanol–water partition coefficient (Wildman–Crippen LogP) is 1.31. The first-order valence-corrected chi connectivity index (χ1v) is 8.06. The number of hydrogen-bond acceptors (Lipinski definition) is 5. The van der Waals surface area contributed by atoms with Gasteiger partial charge in [-0.2, -0.15) is 0 Å². The summed E-state index contributed by atoms with van der Waals surface area (Å²) < 4.78 is 0. The number of nitrogens with zero attached hydrogens (tertiary/aromatic N) is 3. The number of anilines is 1. The number of piperidine rings is 1. The molecule has 0 aliphatic carbocycles. The summed E-state index contributed by atoms with van der Waals surface area (Å²) in [7, 11) is 0. The molecular weight excluding hydrogens is 278 g/mol. The maximum absolute atomic E-state index is 11.9. The summed E-state index contributed by atoms with van der Waals surface area (Å²) >= 11 is 0. The monoisotopic (exact) mass is 305 g/mol. The van der Waals surface area contributed by atoms with E-state index in [0.717, 1.165) is 49.7 Å². The third-order valence-corrected chi connectivity index (χ3v) is 3.96. The van der Waals surface area contributed by atoms with Gasteiger partial charge in [0.05, 0.1) is 0 Å². The van der Waals surface area contributed by atoms with Crippen LogP contribution < -0.4 is 16.0 Å². The first-order chi connectivity index (χ1) is 10.4. The minimum absolute atomic E-state index is 0.0804. The molecule has 2 rings (SSSR count). The van der Waals surface area contributed by atoms with Crippen molar-refractivity contribution in [3.05, 3.63) is 17.6 Å². The molecule has 1 amide bonds. The number of aromatic nitrogens is 2. The molecule has 0 spiro atoms. The molecule has 1 aliphatic rings. The summed E-state index contributed by atoms with van der Waals surface area (Å²) in [6.45, 7) is 7.66. The van der Waals surface area contributed by atoms with Crippen LogP contribution in [0.15, 0.2) is 6.07 Å². The molecule has 1 fully saturated rings. The molecule has 1 atom stereocenters. The van der Waals surface area contributed by atoms with E-state index in [-0.39, 0.29) is 18.0 Å². The van der Waals surface area contributed by atoms with E-state index in [2.05, 4.69) is 20.2 Å². The van der Waals surface area contributed by atoms with E-state index in [1.807, 2.05) is 26.8 Å². The van der Waals surface area contributed by atoms with Gasteiger partial charge in [0.1, 0.15) is 11.6 Å². The quantitative estimate of drug-likeness (QED) is 0.857. The van der Waals surface area contributed by atoms with Crippen molar-refractivity contribution in [2.45, 2.75) is 58.5 Å². The maximum atomic E-state index is 11.9. The molecular formula is C16H27N5O. The van der Waals surface area contributed by atoms with Gasteiger partial charge in [-0.15, -0.1) is 0 Å². The second kappa shape index (κ2) is 7.54. The van der Waals surface area contributed by atoms with Crippen LogP contribution >= 0.6 is 0 Å². The molecule has 6 nitrogen and oxygen atoms in total. The van der Waals surface area contributed by atoms with E-state index in [4.69, 9.17) is 5.73 Å². The Balaban J connectivity index is 1.81. The fourth-order valence-electron chi connectivity index (χ4n) is 2.77. The van der Waals surface area contributed by atoms with Crippen LogP contribution in [0.25, 0.3) is 0 Å². The molecule has 0 saturated carbocycles. The van der Waals surface area contributed by atoms with Crippen LogP contribution in [-0.4, -0.2) is 41.0 Å². The van der Waals surface area contributed by atoms with Gasteiger partial charge in [-0.25, -0.2) is 9.97 Å². The van der Waals surface area contributed by atoms with Gasteiger partial charge in [0.2, 0.25) is 5.91 Å². The normalized spacial score (nSPS) is 17.4. The molecule has 0 radical (unpaired) electrons. The van der Waals surface area contributed by atoms with Crippen LogP contribution in [0.3, 0.4) is 0 Å². The number of carbonyl (C=O) groups is 1. The van der Waals surface area contributed by atoms with Crippen molar-refractivity contribution in [1.82, 2.24) is 15.3 Å². The van der Waals surface area contributed by atoms with Crippen molar-refractivity contribution in [2.24, 2.45) is 5.73 Å². The molecule has 1 unspecified atom stereocenters. The van der Waals surface area contributed by atoms with Gasteiger partial charge >= 0.3 is 0 Å². The highest BCUT2D eigenvalue weighted by Crippen LogP contribution is 2.19. The Morgan fingerprint density at radius 3 is 2.68 bits per heavy atom. The summed E-state index contributed by atoms with van der Waals surface area (Å²) in [5.74, 6) is 1.91. The molecule has 1 saturated heterocycles. The number of nitrogens with two attached hydrogens (primary N) is 1. The average Bonchev–Trinajstić information content (AvgIpc) is 2.45. The van der Waals surface area contributed by atoms with Gasteiger partial charge in [0.15, 0.2) is 0 Å². The first kappa shape index (κ1) is 16.7. The Bertz CT molecular complexity index is 489. The summed E-state index contributed by atoms with van der Waals surface area (Å²) in [5.41, 5.74) is 6.68. The Morgan fingerprint density at radius 1 is 1.41 bits per heavy atom. The summed E-state index contributed by atoms with van der Waals surface area (Å²) in [4.78, 5) is 22.9. The van der Waals surface area contributed by atoms with Crippen molar-refractivity contribution < 1.29 is 4.79 Å². The number of carbonyl (C=O) groups excluding carboxylic acids is 1. The van der Waals surface area contributed by atoms with Crippen LogP contribution in [0.2, 0.25) is 0 Å². The Hall–Kier alpha value is -1.69. The van der Waals surface area contributed by atoms with Crippen molar-refractivity contribution >= 4 is 11.7 Å². The second-order valence-corrected chi connectivity index (χ2v) is 6.26. The van der Waals surface area contributed by atoms with E-state index in [1.165, 1.54) is 0 Å². The highest BCUT2D eigenvalue weighted by atomic mass is 16.1. The largest absolute Gasteiger partial charge is 0.356 e. The molecule has 0 bridgehead atoms. The highest BCUT2D eigenvalue weighted by molar-refractivity contribution is 5.76. The van der Waals surface area contributed by atoms with E-state index in [9.17, 15) is 4.79 Å². The number of nitrogens with one attached hydrogen (secondary N) is 1. The molecule has 6 heteroatoms. The third kappa shape index (κ3) is 4.94. The highest BCUT2D eigenvalue weighted by Gasteiger charge is 2.21. The van der Waals surface area contributed by atoms with E-state index in [0.29, 0.717) is 6.42 Å². The SMILES string of the molecule is Cc1cc(N2CCC(NC(=O)CCC(C)N)CC2)nc(C)n1. The molecule has 2 heterocycles. The lowest BCUT2D eigenvalue weighted by molar-refractivity contribution is -0.122. The van der Waals surface area contributed by atoms with Crippen molar-refractivity contribution in [2.75, 3.05) is 18.0 Å². The van der Waals surface area contributed by atoms with Crippen LogP contribution in [0.4, 0.5) is 5.82 Å². The van der Waals surface area contributed by atoms with Crippen molar-refractivity contribution in [1.29, 1.82) is 0 Å². The van der Waals surface area contributed by atoms with Gasteiger partial charge in [-0.3, -0.25) is 4.79 Å². The summed E-state index contributed by atoms with van der Waals surface area (Å²) in [6, 6.07) is 2.37. The number of rotatable bonds is 5. The Morgan fingerprint density at radius 2 is 2.09 bits per heavy atom. The van der Waals surface area contributed by atoms with Crippen LogP contribution in [0, 0.1) is 13.8 Å². The van der Waals surface area contributed by atoms with E-state index in [1.54, 1.807) is 0 Å². The zero-order valence-electron chi connectivity index (χ0n) is 13.8. The summed E-state index contributed by atoms with van der Waals surface area (Å²) in [6.07, 6.45) is 3.16. The minimum Gasteiger partial charge on any atom is -0.356 e. The lowest BCUT2D eigenvalue weighted by Crippen LogP contribution is -2.45. The molecule has 22 heavy (non-hydrogen) atoms. The lowest BCUT2D eigenvalue weighted by atomic mass is 10.0. The number of amides is 1. The first-order valence-electron chi connectivity index (χ1n) is 8.06. The standard InChI is InChI=1S/C16H27N5O/c1-11(17)4-5-16(22)20-14-6-8-21(9-7-14)15-10-12(2)18-13(3)19-15/h10-11,14H,4-9,17H2,1-3H3,(H,20,22). The molecule has 3 N–H and O–H groups in total.